The predicted octanol–water partition coefficient (Wildman–Crippen LogP) is 1.60. The van der Waals surface area contributed by atoms with E-state index in [4.69, 9.17) is 22.1 Å². The molecule has 1 heterocycles. The third-order valence-electron chi connectivity index (χ3n) is 1.47. The first kappa shape index (κ1) is 11.6. The van der Waals surface area contributed by atoms with E-state index in [1.165, 1.54) is 0 Å². The van der Waals surface area contributed by atoms with Crippen LogP contribution < -0.4 is 10.5 Å². The van der Waals surface area contributed by atoms with Gasteiger partial charge in [-0.25, -0.2) is 9.78 Å². The number of halogens is 1. The van der Waals surface area contributed by atoms with Crippen LogP contribution in [0.4, 0.5) is 4.79 Å². The molecule has 0 radical (unpaired) electrons. The van der Waals surface area contributed by atoms with Crippen LogP contribution in [0.25, 0.3) is 0 Å². The van der Waals surface area contributed by atoms with E-state index in [1.54, 1.807) is 25.1 Å². The van der Waals surface area contributed by atoms with Crippen molar-refractivity contribution in [2.24, 2.45) is 5.73 Å². The van der Waals surface area contributed by atoms with Crippen molar-refractivity contribution in [1.82, 2.24) is 4.98 Å². The first-order valence-corrected chi connectivity index (χ1v) is 4.67. The highest BCUT2D eigenvalue weighted by Gasteiger charge is 2.07. The molecule has 0 bridgehead atoms. The lowest BCUT2D eigenvalue weighted by Gasteiger charge is -2.11. The van der Waals surface area contributed by atoms with Crippen molar-refractivity contribution in [3.8, 4) is 5.88 Å². The fraction of sp³-hybridized carbons (Fsp3) is 0.333. The summed E-state index contributed by atoms with van der Waals surface area (Å²) in [7, 11) is 0. The molecule has 2 N–H and O–H groups in total. The lowest BCUT2D eigenvalue weighted by atomic mass is 10.4. The molecule has 6 heteroatoms. The number of hydrogen-bond donors (Lipinski definition) is 1. The number of ether oxygens (including phenoxy) is 2. The number of pyridine rings is 1. The van der Waals surface area contributed by atoms with E-state index in [0.29, 0.717) is 11.0 Å². The summed E-state index contributed by atoms with van der Waals surface area (Å²) in [5.41, 5.74) is 4.83. The number of amides is 1. The minimum atomic E-state index is -0.829. The number of nitrogens with zero attached hydrogens (tertiary/aromatic N) is 1. The normalized spacial score (nSPS) is 11.9. The number of carbonyl (C=O) groups excluding carboxylic acids is 1. The summed E-state index contributed by atoms with van der Waals surface area (Å²) in [4.78, 5) is 14.3. The second kappa shape index (κ2) is 5.41. The van der Waals surface area contributed by atoms with Gasteiger partial charge >= 0.3 is 6.09 Å². The van der Waals surface area contributed by atoms with Gasteiger partial charge < -0.3 is 15.2 Å². The van der Waals surface area contributed by atoms with E-state index in [9.17, 15) is 4.79 Å². The van der Waals surface area contributed by atoms with Crippen molar-refractivity contribution in [2.75, 3.05) is 6.61 Å². The largest absolute Gasteiger partial charge is 0.474 e. The summed E-state index contributed by atoms with van der Waals surface area (Å²) in [6.45, 7) is 1.84. The summed E-state index contributed by atoms with van der Waals surface area (Å²) in [6.07, 6.45) is -1.26. The Labute approximate surface area is 92.1 Å². The Morgan fingerprint density at radius 3 is 3.00 bits per heavy atom. The molecule has 0 aliphatic heterocycles. The Bertz CT molecular complexity index is 346. The molecule has 0 saturated heterocycles. The van der Waals surface area contributed by atoms with Gasteiger partial charge in [0.25, 0.3) is 0 Å². The van der Waals surface area contributed by atoms with Gasteiger partial charge in [0.1, 0.15) is 17.9 Å². The molecular formula is C9H11ClN2O3. The summed E-state index contributed by atoms with van der Waals surface area (Å²) >= 11 is 5.65. The van der Waals surface area contributed by atoms with Crippen LogP contribution in [0.5, 0.6) is 5.88 Å². The van der Waals surface area contributed by atoms with Crippen LogP contribution in [0.2, 0.25) is 5.15 Å². The fourth-order valence-electron chi connectivity index (χ4n) is 0.905. The van der Waals surface area contributed by atoms with Gasteiger partial charge in [0.15, 0.2) is 0 Å². The van der Waals surface area contributed by atoms with Crippen LogP contribution in [-0.4, -0.2) is 23.8 Å². The third kappa shape index (κ3) is 4.51. The average molecular weight is 231 g/mol. The Morgan fingerprint density at radius 1 is 1.67 bits per heavy atom. The fourth-order valence-corrected chi connectivity index (χ4v) is 1.06. The van der Waals surface area contributed by atoms with Gasteiger partial charge in [-0.05, 0) is 13.0 Å². The molecule has 0 unspecified atom stereocenters. The van der Waals surface area contributed by atoms with E-state index in [-0.39, 0.29) is 6.61 Å². The molecule has 0 aromatic carbocycles. The highest BCUT2D eigenvalue weighted by atomic mass is 35.5. The number of carbonyl (C=O) groups is 1. The lowest BCUT2D eigenvalue weighted by Crippen LogP contribution is -2.25. The van der Waals surface area contributed by atoms with Gasteiger partial charge in [-0.2, -0.15) is 0 Å². The highest BCUT2D eigenvalue weighted by molar-refractivity contribution is 6.29. The SMILES string of the molecule is C[C@@H](COc1cccc(Cl)n1)OC(N)=O. The van der Waals surface area contributed by atoms with Crippen LogP contribution in [0.3, 0.4) is 0 Å². The Morgan fingerprint density at radius 2 is 2.40 bits per heavy atom. The van der Waals surface area contributed by atoms with Gasteiger partial charge in [0, 0.05) is 6.07 Å². The van der Waals surface area contributed by atoms with Crippen molar-refractivity contribution < 1.29 is 14.3 Å². The quantitative estimate of drug-likeness (QED) is 0.798. The summed E-state index contributed by atoms with van der Waals surface area (Å²) in [5.74, 6) is 0.377. The Balaban J connectivity index is 2.40. The second-order valence-electron chi connectivity index (χ2n) is 2.86. The lowest BCUT2D eigenvalue weighted by molar-refractivity contribution is 0.0808. The van der Waals surface area contributed by atoms with Crippen molar-refractivity contribution in [3.05, 3.63) is 23.4 Å². The molecule has 1 atom stereocenters. The maximum absolute atomic E-state index is 10.4. The van der Waals surface area contributed by atoms with E-state index >= 15 is 0 Å². The van der Waals surface area contributed by atoms with E-state index in [1.807, 2.05) is 0 Å². The first-order chi connectivity index (χ1) is 7.08. The molecule has 0 aliphatic carbocycles. The van der Waals surface area contributed by atoms with Crippen molar-refractivity contribution in [2.45, 2.75) is 13.0 Å². The number of primary amides is 1. The molecule has 1 rings (SSSR count). The molecule has 0 saturated carbocycles. The van der Waals surface area contributed by atoms with E-state index in [2.05, 4.69) is 9.72 Å². The van der Waals surface area contributed by atoms with Gasteiger partial charge in [-0.3, -0.25) is 0 Å². The molecule has 0 spiro atoms. The average Bonchev–Trinajstić information content (AvgIpc) is 2.14. The maximum Gasteiger partial charge on any atom is 0.404 e. The minimum absolute atomic E-state index is 0.177. The van der Waals surface area contributed by atoms with Crippen LogP contribution in [0, 0.1) is 0 Å². The van der Waals surface area contributed by atoms with Crippen LogP contribution in [0.15, 0.2) is 18.2 Å². The molecule has 0 aliphatic rings. The van der Waals surface area contributed by atoms with Gasteiger partial charge in [0.05, 0.1) is 0 Å². The molecule has 15 heavy (non-hydrogen) atoms. The number of rotatable bonds is 4. The summed E-state index contributed by atoms with van der Waals surface area (Å²) in [5, 5.41) is 0.343. The van der Waals surface area contributed by atoms with Gasteiger partial charge in [-0.15, -0.1) is 0 Å². The molecule has 1 aromatic rings. The van der Waals surface area contributed by atoms with Crippen LogP contribution >= 0.6 is 11.6 Å². The van der Waals surface area contributed by atoms with Crippen molar-refractivity contribution in [3.63, 3.8) is 0 Å². The van der Waals surface area contributed by atoms with Gasteiger partial charge in [0.2, 0.25) is 5.88 Å². The summed E-state index contributed by atoms with van der Waals surface area (Å²) < 4.78 is 9.88. The zero-order valence-electron chi connectivity index (χ0n) is 8.14. The van der Waals surface area contributed by atoms with E-state index < -0.39 is 12.2 Å². The van der Waals surface area contributed by atoms with Crippen molar-refractivity contribution in [1.29, 1.82) is 0 Å². The Kier molecular flexibility index (Phi) is 4.17. The topological polar surface area (TPSA) is 74.4 Å². The number of nitrogens with two attached hydrogens (primary N) is 1. The Hall–Kier alpha value is -1.49. The third-order valence-corrected chi connectivity index (χ3v) is 1.68. The maximum atomic E-state index is 10.4. The minimum Gasteiger partial charge on any atom is -0.474 e. The predicted molar refractivity (Wildman–Crippen MR) is 54.9 cm³/mol. The highest BCUT2D eigenvalue weighted by Crippen LogP contribution is 2.11. The molecule has 1 amide bonds. The molecule has 0 fully saturated rings. The molecular weight excluding hydrogens is 220 g/mol. The number of hydrogen-bond acceptors (Lipinski definition) is 4. The van der Waals surface area contributed by atoms with Crippen molar-refractivity contribution >= 4 is 17.7 Å². The zero-order valence-corrected chi connectivity index (χ0v) is 8.90. The molecule has 82 valence electrons. The van der Waals surface area contributed by atoms with Gasteiger partial charge in [-0.1, -0.05) is 17.7 Å². The zero-order chi connectivity index (χ0) is 11.3. The monoisotopic (exact) mass is 230 g/mol. The van der Waals surface area contributed by atoms with Crippen LogP contribution in [0.1, 0.15) is 6.92 Å². The van der Waals surface area contributed by atoms with E-state index in [0.717, 1.165) is 0 Å². The smallest absolute Gasteiger partial charge is 0.404 e. The molecule has 1 aromatic heterocycles. The summed E-state index contributed by atoms with van der Waals surface area (Å²) in [6, 6.07) is 5.00. The number of aromatic nitrogens is 1. The first-order valence-electron chi connectivity index (χ1n) is 4.29. The standard InChI is InChI=1S/C9H11ClN2O3/c1-6(15-9(11)13)5-14-8-4-2-3-7(10)12-8/h2-4,6H,5H2,1H3,(H2,11,13)/t6-/m0/s1. The van der Waals surface area contributed by atoms with Crippen LogP contribution in [-0.2, 0) is 4.74 Å². The molecule has 5 nitrogen and oxygen atoms in total. The second-order valence-corrected chi connectivity index (χ2v) is 3.24.